The molecule has 4 nitrogen and oxygen atoms in total. The molecule has 2 atom stereocenters. The standard InChI is InChI=1S/C17H25NO3/c1-6-11-21-13(4)17(19)18-16(12(2)3)14-7-9-15(20-5)10-8-14/h6-10,12-13,16H,1,11H2,2-5H3,(H,18,19). The lowest BCUT2D eigenvalue weighted by Gasteiger charge is -2.25. The lowest BCUT2D eigenvalue weighted by Crippen LogP contribution is -2.39. The van der Waals surface area contributed by atoms with Crippen LogP contribution in [0.4, 0.5) is 0 Å². The lowest BCUT2D eigenvalue weighted by molar-refractivity contribution is -0.132. The summed E-state index contributed by atoms with van der Waals surface area (Å²) in [6.07, 6.45) is 1.13. The van der Waals surface area contributed by atoms with Crippen molar-refractivity contribution in [2.24, 2.45) is 5.92 Å². The van der Waals surface area contributed by atoms with Crippen LogP contribution in [-0.4, -0.2) is 25.7 Å². The van der Waals surface area contributed by atoms with Gasteiger partial charge in [-0.1, -0.05) is 32.1 Å². The van der Waals surface area contributed by atoms with Crippen LogP contribution in [-0.2, 0) is 9.53 Å². The summed E-state index contributed by atoms with van der Waals surface area (Å²) < 4.78 is 10.5. The van der Waals surface area contributed by atoms with Crippen molar-refractivity contribution in [3.63, 3.8) is 0 Å². The molecule has 1 amide bonds. The molecule has 0 saturated carbocycles. The molecule has 0 aliphatic rings. The molecule has 1 rings (SSSR count). The van der Waals surface area contributed by atoms with Gasteiger partial charge in [0.1, 0.15) is 11.9 Å². The zero-order valence-corrected chi connectivity index (χ0v) is 13.3. The van der Waals surface area contributed by atoms with E-state index in [4.69, 9.17) is 9.47 Å². The van der Waals surface area contributed by atoms with Crippen molar-refractivity contribution >= 4 is 5.91 Å². The first kappa shape index (κ1) is 17.2. The van der Waals surface area contributed by atoms with Gasteiger partial charge in [0.05, 0.1) is 19.8 Å². The molecule has 2 unspecified atom stereocenters. The molecule has 0 radical (unpaired) electrons. The summed E-state index contributed by atoms with van der Waals surface area (Å²) in [7, 11) is 1.63. The zero-order chi connectivity index (χ0) is 15.8. The number of hydrogen-bond donors (Lipinski definition) is 1. The van der Waals surface area contributed by atoms with Crippen LogP contribution in [0.2, 0.25) is 0 Å². The maximum absolute atomic E-state index is 12.2. The topological polar surface area (TPSA) is 47.6 Å². The number of ether oxygens (including phenoxy) is 2. The van der Waals surface area contributed by atoms with Crippen molar-refractivity contribution in [1.29, 1.82) is 0 Å². The molecule has 0 saturated heterocycles. The van der Waals surface area contributed by atoms with Gasteiger partial charge in [0, 0.05) is 0 Å². The molecule has 4 heteroatoms. The summed E-state index contributed by atoms with van der Waals surface area (Å²) >= 11 is 0. The number of carbonyl (C=O) groups is 1. The molecule has 116 valence electrons. The minimum Gasteiger partial charge on any atom is -0.497 e. The van der Waals surface area contributed by atoms with Crippen molar-refractivity contribution in [3.05, 3.63) is 42.5 Å². The molecule has 0 aliphatic heterocycles. The minimum absolute atomic E-state index is 0.0572. The van der Waals surface area contributed by atoms with Crippen LogP contribution in [0.5, 0.6) is 5.75 Å². The highest BCUT2D eigenvalue weighted by molar-refractivity contribution is 5.80. The van der Waals surface area contributed by atoms with Gasteiger partial charge >= 0.3 is 0 Å². The average Bonchev–Trinajstić information content (AvgIpc) is 2.49. The van der Waals surface area contributed by atoms with Gasteiger partial charge < -0.3 is 14.8 Å². The molecule has 0 heterocycles. The number of amides is 1. The summed E-state index contributed by atoms with van der Waals surface area (Å²) in [5.74, 6) is 0.954. The Hall–Kier alpha value is -1.81. The third-order valence-corrected chi connectivity index (χ3v) is 3.27. The van der Waals surface area contributed by atoms with Gasteiger partial charge in [-0.05, 0) is 30.5 Å². The number of carbonyl (C=O) groups excluding carboxylic acids is 1. The summed E-state index contributed by atoms with van der Waals surface area (Å²) in [6.45, 7) is 9.83. The second kappa shape index (κ2) is 8.47. The molecule has 0 bridgehead atoms. The fraction of sp³-hybridized carbons (Fsp3) is 0.471. The number of hydrogen-bond acceptors (Lipinski definition) is 3. The van der Waals surface area contributed by atoms with E-state index in [1.54, 1.807) is 20.1 Å². The fourth-order valence-corrected chi connectivity index (χ4v) is 2.00. The third-order valence-electron chi connectivity index (χ3n) is 3.27. The van der Waals surface area contributed by atoms with E-state index in [1.165, 1.54) is 0 Å². The monoisotopic (exact) mass is 291 g/mol. The maximum atomic E-state index is 12.2. The Morgan fingerprint density at radius 3 is 2.38 bits per heavy atom. The molecule has 21 heavy (non-hydrogen) atoms. The summed E-state index contributed by atoms with van der Waals surface area (Å²) in [5, 5.41) is 3.04. The highest BCUT2D eigenvalue weighted by atomic mass is 16.5. The van der Waals surface area contributed by atoms with E-state index in [0.717, 1.165) is 11.3 Å². The van der Waals surface area contributed by atoms with E-state index >= 15 is 0 Å². The van der Waals surface area contributed by atoms with E-state index in [2.05, 4.69) is 25.7 Å². The summed E-state index contributed by atoms with van der Waals surface area (Å²) in [6, 6.07) is 7.68. The predicted octanol–water partition coefficient (Wildman–Crippen LogP) is 3.10. The normalized spacial score (nSPS) is 13.6. The largest absolute Gasteiger partial charge is 0.497 e. The van der Waals surface area contributed by atoms with Crippen molar-refractivity contribution in [2.75, 3.05) is 13.7 Å². The van der Waals surface area contributed by atoms with Gasteiger partial charge in [0.2, 0.25) is 5.91 Å². The van der Waals surface area contributed by atoms with E-state index < -0.39 is 6.10 Å². The molecule has 0 aromatic heterocycles. The first-order valence-corrected chi connectivity index (χ1v) is 7.16. The molecular weight excluding hydrogens is 266 g/mol. The van der Waals surface area contributed by atoms with Gasteiger partial charge in [-0.3, -0.25) is 4.79 Å². The van der Waals surface area contributed by atoms with Crippen molar-refractivity contribution in [2.45, 2.75) is 32.9 Å². The molecule has 1 aromatic carbocycles. The van der Waals surface area contributed by atoms with Crippen molar-refractivity contribution < 1.29 is 14.3 Å². The Morgan fingerprint density at radius 1 is 1.29 bits per heavy atom. The Labute approximate surface area is 127 Å². The minimum atomic E-state index is -0.498. The molecular formula is C17H25NO3. The smallest absolute Gasteiger partial charge is 0.249 e. The Bertz CT molecular complexity index is 454. The van der Waals surface area contributed by atoms with Gasteiger partial charge in [0.15, 0.2) is 0 Å². The third kappa shape index (κ3) is 5.23. The second-order valence-corrected chi connectivity index (χ2v) is 5.27. The number of benzene rings is 1. The molecule has 0 aliphatic carbocycles. The first-order valence-electron chi connectivity index (χ1n) is 7.16. The molecule has 1 N–H and O–H groups in total. The van der Waals surface area contributed by atoms with Crippen LogP contribution >= 0.6 is 0 Å². The van der Waals surface area contributed by atoms with Crippen LogP contribution in [0.25, 0.3) is 0 Å². The quantitative estimate of drug-likeness (QED) is 0.749. The average molecular weight is 291 g/mol. The van der Waals surface area contributed by atoms with E-state index in [1.807, 2.05) is 24.3 Å². The van der Waals surface area contributed by atoms with Crippen molar-refractivity contribution in [1.82, 2.24) is 5.32 Å². The number of nitrogens with one attached hydrogen (secondary N) is 1. The molecule has 0 spiro atoms. The fourth-order valence-electron chi connectivity index (χ4n) is 2.00. The Balaban J connectivity index is 2.77. The zero-order valence-electron chi connectivity index (χ0n) is 13.3. The lowest BCUT2D eigenvalue weighted by atomic mass is 9.95. The summed E-state index contributed by atoms with van der Waals surface area (Å²) in [5.41, 5.74) is 1.05. The van der Waals surface area contributed by atoms with E-state index in [0.29, 0.717) is 6.61 Å². The highest BCUT2D eigenvalue weighted by Crippen LogP contribution is 2.24. The van der Waals surface area contributed by atoms with Gasteiger partial charge in [-0.15, -0.1) is 6.58 Å². The van der Waals surface area contributed by atoms with Crippen molar-refractivity contribution in [3.8, 4) is 5.75 Å². The van der Waals surface area contributed by atoms with Gasteiger partial charge in [-0.2, -0.15) is 0 Å². The Kier molecular flexibility index (Phi) is 6.96. The number of rotatable bonds is 8. The van der Waals surface area contributed by atoms with E-state index in [-0.39, 0.29) is 17.9 Å². The van der Waals surface area contributed by atoms with Crippen LogP contribution < -0.4 is 10.1 Å². The van der Waals surface area contributed by atoms with Crippen LogP contribution in [0.1, 0.15) is 32.4 Å². The highest BCUT2D eigenvalue weighted by Gasteiger charge is 2.21. The van der Waals surface area contributed by atoms with Crippen LogP contribution in [0.3, 0.4) is 0 Å². The van der Waals surface area contributed by atoms with Gasteiger partial charge in [0.25, 0.3) is 0 Å². The second-order valence-electron chi connectivity index (χ2n) is 5.27. The molecule has 1 aromatic rings. The predicted molar refractivity (Wildman–Crippen MR) is 84.3 cm³/mol. The number of methoxy groups -OCH3 is 1. The molecule has 0 fully saturated rings. The van der Waals surface area contributed by atoms with Crippen LogP contribution in [0, 0.1) is 5.92 Å². The van der Waals surface area contributed by atoms with Gasteiger partial charge in [-0.25, -0.2) is 0 Å². The van der Waals surface area contributed by atoms with E-state index in [9.17, 15) is 4.79 Å². The summed E-state index contributed by atoms with van der Waals surface area (Å²) in [4.78, 5) is 12.2. The SMILES string of the molecule is C=CCOC(C)C(=O)NC(c1ccc(OC)cc1)C(C)C. The Morgan fingerprint density at radius 2 is 1.90 bits per heavy atom. The maximum Gasteiger partial charge on any atom is 0.249 e. The first-order chi connectivity index (χ1) is 9.99. The van der Waals surface area contributed by atoms with Crippen LogP contribution in [0.15, 0.2) is 36.9 Å².